The first-order valence-electron chi connectivity index (χ1n) is 7.93. The topological polar surface area (TPSA) is 82.6 Å². The van der Waals surface area contributed by atoms with Crippen molar-refractivity contribution < 1.29 is 14.7 Å². The van der Waals surface area contributed by atoms with Gasteiger partial charge in [0.2, 0.25) is 0 Å². The van der Waals surface area contributed by atoms with Crippen molar-refractivity contribution in [3.8, 4) is 22.8 Å². The lowest BCUT2D eigenvalue weighted by Crippen LogP contribution is -2.30. The van der Waals surface area contributed by atoms with Gasteiger partial charge in [0.05, 0.1) is 22.0 Å². The molecule has 0 amide bonds. The van der Waals surface area contributed by atoms with Crippen LogP contribution in [0.3, 0.4) is 0 Å². The smallest absolute Gasteiger partial charge is 0.175 e. The molecule has 0 radical (unpaired) electrons. The van der Waals surface area contributed by atoms with Gasteiger partial charge in [-0.1, -0.05) is 22.8 Å². The SMILES string of the molecule is Oc1cc(O)c(-c2onc3c2CN(Cc2ccccn2)CC3)cc1Cl. The second-order valence-corrected chi connectivity index (χ2v) is 6.45. The second-order valence-electron chi connectivity index (χ2n) is 6.04. The fourth-order valence-corrected chi connectivity index (χ4v) is 3.23. The van der Waals surface area contributed by atoms with Crippen molar-refractivity contribution in [3.05, 3.63) is 58.5 Å². The van der Waals surface area contributed by atoms with Gasteiger partial charge in [-0.2, -0.15) is 0 Å². The largest absolute Gasteiger partial charge is 0.507 e. The van der Waals surface area contributed by atoms with Crippen LogP contribution in [0.2, 0.25) is 5.02 Å². The van der Waals surface area contributed by atoms with E-state index < -0.39 is 0 Å². The van der Waals surface area contributed by atoms with Gasteiger partial charge < -0.3 is 14.7 Å². The number of nitrogens with zero attached hydrogens (tertiary/aromatic N) is 3. The molecule has 2 aromatic heterocycles. The molecule has 0 spiro atoms. The highest BCUT2D eigenvalue weighted by atomic mass is 35.5. The molecule has 2 N–H and O–H groups in total. The average Bonchev–Trinajstić information content (AvgIpc) is 3.02. The molecule has 7 heteroatoms. The molecule has 3 aromatic rings. The molecule has 1 aliphatic heterocycles. The van der Waals surface area contributed by atoms with Gasteiger partial charge in [-0.15, -0.1) is 0 Å². The summed E-state index contributed by atoms with van der Waals surface area (Å²) in [5.74, 6) is 0.218. The van der Waals surface area contributed by atoms with E-state index in [-0.39, 0.29) is 16.5 Å². The lowest BCUT2D eigenvalue weighted by molar-refractivity contribution is 0.242. The molecule has 6 nitrogen and oxygen atoms in total. The van der Waals surface area contributed by atoms with Crippen LogP contribution in [0.15, 0.2) is 41.1 Å². The molecule has 0 aliphatic carbocycles. The number of halogens is 1. The molecule has 3 heterocycles. The van der Waals surface area contributed by atoms with Gasteiger partial charge >= 0.3 is 0 Å². The zero-order valence-electron chi connectivity index (χ0n) is 13.3. The molecule has 128 valence electrons. The van der Waals surface area contributed by atoms with Crippen molar-refractivity contribution >= 4 is 11.6 Å². The van der Waals surface area contributed by atoms with Gasteiger partial charge in [0.15, 0.2) is 5.76 Å². The van der Waals surface area contributed by atoms with E-state index in [1.807, 2.05) is 18.2 Å². The standard InChI is InChI=1S/C18H16ClN3O3/c19-14-7-12(16(23)8-17(14)24)18-13-10-22(6-4-15(13)21-25-18)9-11-3-1-2-5-20-11/h1-3,5,7-8,23-24H,4,6,9-10H2. The number of rotatable bonds is 3. The number of hydrogen-bond acceptors (Lipinski definition) is 6. The summed E-state index contributed by atoms with van der Waals surface area (Å²) < 4.78 is 5.49. The van der Waals surface area contributed by atoms with Gasteiger partial charge in [0.1, 0.15) is 11.5 Å². The van der Waals surface area contributed by atoms with E-state index in [4.69, 9.17) is 16.1 Å². The minimum absolute atomic E-state index is 0.0947. The van der Waals surface area contributed by atoms with Crippen LogP contribution >= 0.6 is 11.6 Å². The third-order valence-corrected chi connectivity index (χ3v) is 4.64. The van der Waals surface area contributed by atoms with Crippen LogP contribution in [0.25, 0.3) is 11.3 Å². The maximum absolute atomic E-state index is 10.2. The van der Waals surface area contributed by atoms with Crippen molar-refractivity contribution in [3.63, 3.8) is 0 Å². The summed E-state index contributed by atoms with van der Waals surface area (Å²) in [4.78, 5) is 6.62. The van der Waals surface area contributed by atoms with Gasteiger partial charge in [-0.3, -0.25) is 9.88 Å². The Morgan fingerprint density at radius 2 is 2.08 bits per heavy atom. The number of fused-ring (bicyclic) bond motifs is 1. The number of aromatic hydroxyl groups is 2. The van der Waals surface area contributed by atoms with E-state index in [1.165, 1.54) is 12.1 Å². The van der Waals surface area contributed by atoms with E-state index in [9.17, 15) is 10.2 Å². The highest BCUT2D eigenvalue weighted by Gasteiger charge is 2.26. The van der Waals surface area contributed by atoms with Crippen LogP contribution < -0.4 is 0 Å². The number of hydrogen-bond donors (Lipinski definition) is 2. The van der Waals surface area contributed by atoms with Gasteiger partial charge in [-0.05, 0) is 18.2 Å². The molecule has 0 atom stereocenters. The molecule has 1 aliphatic rings. The Bertz CT molecular complexity index is 911. The summed E-state index contributed by atoms with van der Waals surface area (Å²) in [7, 11) is 0. The van der Waals surface area contributed by atoms with Crippen LogP contribution in [-0.4, -0.2) is 31.8 Å². The zero-order valence-corrected chi connectivity index (χ0v) is 14.1. The molecule has 4 rings (SSSR count). The van der Waals surface area contributed by atoms with E-state index in [0.29, 0.717) is 17.9 Å². The Kier molecular flexibility index (Phi) is 4.07. The maximum Gasteiger partial charge on any atom is 0.175 e. The number of phenols is 2. The maximum atomic E-state index is 10.2. The summed E-state index contributed by atoms with van der Waals surface area (Å²) in [5.41, 5.74) is 3.24. The van der Waals surface area contributed by atoms with E-state index >= 15 is 0 Å². The van der Waals surface area contributed by atoms with Crippen molar-refractivity contribution in [2.24, 2.45) is 0 Å². The van der Waals surface area contributed by atoms with E-state index in [2.05, 4.69) is 15.0 Å². The molecule has 0 unspecified atom stereocenters. The summed E-state index contributed by atoms with van der Waals surface area (Å²) >= 11 is 5.98. The minimum atomic E-state index is -0.173. The summed E-state index contributed by atoms with van der Waals surface area (Å²) in [5, 5.41) is 24.1. The monoisotopic (exact) mass is 357 g/mol. The highest BCUT2D eigenvalue weighted by molar-refractivity contribution is 6.32. The second kappa shape index (κ2) is 6.38. The number of aromatic nitrogens is 2. The third-order valence-electron chi connectivity index (χ3n) is 4.34. The van der Waals surface area contributed by atoms with Crippen LogP contribution in [0.5, 0.6) is 11.5 Å². The molecule has 0 fully saturated rings. The minimum Gasteiger partial charge on any atom is -0.507 e. The molecular weight excluding hydrogens is 342 g/mol. The Hall–Kier alpha value is -2.57. The fraction of sp³-hybridized carbons (Fsp3) is 0.222. The Morgan fingerprint density at radius 1 is 1.20 bits per heavy atom. The Morgan fingerprint density at radius 3 is 2.88 bits per heavy atom. The number of phenolic OH excluding ortho intramolecular Hbond substituents is 2. The van der Waals surface area contributed by atoms with E-state index in [1.54, 1.807) is 6.20 Å². The fourth-order valence-electron chi connectivity index (χ4n) is 3.07. The van der Waals surface area contributed by atoms with Gasteiger partial charge in [0.25, 0.3) is 0 Å². The first kappa shape index (κ1) is 15.9. The highest BCUT2D eigenvalue weighted by Crippen LogP contribution is 2.40. The molecule has 0 saturated carbocycles. The van der Waals surface area contributed by atoms with Crippen LogP contribution in [0, 0.1) is 0 Å². The van der Waals surface area contributed by atoms with Gasteiger partial charge in [0, 0.05) is 43.9 Å². The third kappa shape index (κ3) is 3.06. The predicted octanol–water partition coefficient (Wildman–Crippen LogP) is 3.36. The summed E-state index contributed by atoms with van der Waals surface area (Å²) in [6.45, 7) is 2.23. The van der Waals surface area contributed by atoms with Gasteiger partial charge in [-0.25, -0.2) is 0 Å². The van der Waals surface area contributed by atoms with Crippen molar-refractivity contribution in [1.29, 1.82) is 0 Å². The number of pyridine rings is 1. The van der Waals surface area contributed by atoms with Crippen molar-refractivity contribution in [2.75, 3.05) is 6.54 Å². The molecular formula is C18H16ClN3O3. The first-order chi connectivity index (χ1) is 12.1. The number of benzene rings is 1. The van der Waals surface area contributed by atoms with Crippen molar-refractivity contribution in [2.45, 2.75) is 19.5 Å². The normalized spacial score (nSPS) is 14.4. The quantitative estimate of drug-likeness (QED) is 0.748. The first-order valence-corrected chi connectivity index (χ1v) is 8.31. The summed E-state index contributed by atoms with van der Waals surface area (Å²) in [6.07, 6.45) is 2.55. The Balaban J connectivity index is 1.65. The summed E-state index contributed by atoms with van der Waals surface area (Å²) in [6, 6.07) is 8.56. The van der Waals surface area contributed by atoms with Crippen molar-refractivity contribution in [1.82, 2.24) is 15.0 Å². The van der Waals surface area contributed by atoms with Crippen LogP contribution in [0.1, 0.15) is 17.0 Å². The van der Waals surface area contributed by atoms with Crippen LogP contribution in [-0.2, 0) is 19.5 Å². The zero-order chi connectivity index (χ0) is 17.4. The lowest BCUT2D eigenvalue weighted by atomic mass is 10.0. The Labute approximate surface area is 149 Å². The molecule has 0 saturated heterocycles. The van der Waals surface area contributed by atoms with E-state index in [0.717, 1.165) is 36.5 Å². The lowest BCUT2D eigenvalue weighted by Gasteiger charge is -2.25. The average molecular weight is 358 g/mol. The van der Waals surface area contributed by atoms with Crippen LogP contribution in [0.4, 0.5) is 0 Å². The molecule has 25 heavy (non-hydrogen) atoms. The molecule has 1 aromatic carbocycles. The molecule has 0 bridgehead atoms. The predicted molar refractivity (Wildman–Crippen MR) is 92.3 cm³/mol.